The average Bonchev–Trinajstić information content (AvgIpc) is 2.99. The van der Waals surface area contributed by atoms with Crippen LogP contribution in [0.2, 0.25) is 5.02 Å². The molecular formula is C22H29ClN2O3. The summed E-state index contributed by atoms with van der Waals surface area (Å²) in [4.78, 5) is 16.1. The molecule has 5 nitrogen and oxygen atoms in total. The van der Waals surface area contributed by atoms with Gasteiger partial charge in [0.2, 0.25) is 0 Å². The Hall–Kier alpha value is -2.27. The topological polar surface area (TPSA) is 53.4 Å². The van der Waals surface area contributed by atoms with E-state index in [0.717, 1.165) is 47.8 Å². The first-order valence-electron chi connectivity index (χ1n) is 9.73. The number of carbonyl (C=O) groups is 1. The number of benzene rings is 1. The maximum Gasteiger partial charge on any atom is 0.330 e. The van der Waals surface area contributed by atoms with E-state index in [9.17, 15) is 4.79 Å². The van der Waals surface area contributed by atoms with Crippen molar-refractivity contribution in [3.8, 4) is 5.75 Å². The van der Waals surface area contributed by atoms with E-state index in [1.165, 1.54) is 19.6 Å². The molecule has 0 atom stereocenters. The molecule has 152 valence electrons. The molecule has 2 rings (SSSR count). The van der Waals surface area contributed by atoms with Crippen molar-refractivity contribution in [2.45, 2.75) is 53.0 Å². The van der Waals surface area contributed by atoms with Crippen LogP contribution in [-0.2, 0) is 22.5 Å². The number of methoxy groups -OCH3 is 1. The third-order valence-electron chi connectivity index (χ3n) is 4.56. The molecule has 0 aliphatic rings. The fraction of sp³-hybridized carbons (Fsp3) is 0.455. The highest BCUT2D eigenvalue weighted by Gasteiger charge is 2.14. The number of ether oxygens (including phenoxy) is 2. The van der Waals surface area contributed by atoms with Crippen LogP contribution >= 0.6 is 11.6 Å². The van der Waals surface area contributed by atoms with E-state index in [1.54, 1.807) is 6.08 Å². The summed E-state index contributed by atoms with van der Waals surface area (Å²) in [6.07, 6.45) is 7.31. The van der Waals surface area contributed by atoms with Crippen LogP contribution in [0.1, 0.15) is 55.9 Å². The number of esters is 1. The molecule has 0 aliphatic heterocycles. The summed E-state index contributed by atoms with van der Waals surface area (Å²) in [5.41, 5.74) is 2.80. The van der Waals surface area contributed by atoms with Crippen molar-refractivity contribution in [3.05, 3.63) is 52.1 Å². The Morgan fingerprint density at radius 3 is 2.71 bits per heavy atom. The first kappa shape index (κ1) is 22.0. The number of halogens is 1. The van der Waals surface area contributed by atoms with Gasteiger partial charge in [-0.2, -0.15) is 0 Å². The van der Waals surface area contributed by atoms with E-state index in [1.807, 2.05) is 32.0 Å². The third-order valence-corrected chi connectivity index (χ3v) is 4.91. The Kier molecular flexibility index (Phi) is 8.58. The first-order valence-corrected chi connectivity index (χ1v) is 10.1. The number of unbranched alkanes of at least 4 members (excludes halogenated alkanes) is 2. The zero-order valence-corrected chi connectivity index (χ0v) is 17.9. The Bertz CT molecular complexity index is 827. The Morgan fingerprint density at radius 1 is 1.29 bits per heavy atom. The molecule has 0 radical (unpaired) electrons. The lowest BCUT2D eigenvalue weighted by Crippen LogP contribution is -2.06. The molecule has 2 aromatic rings. The summed E-state index contributed by atoms with van der Waals surface area (Å²) in [7, 11) is 1.36. The molecule has 0 bridgehead atoms. The van der Waals surface area contributed by atoms with Gasteiger partial charge in [-0.1, -0.05) is 44.4 Å². The lowest BCUT2D eigenvalue weighted by molar-refractivity contribution is -0.134. The molecule has 1 aromatic carbocycles. The van der Waals surface area contributed by atoms with Crippen LogP contribution in [0.3, 0.4) is 0 Å². The number of hydrogen-bond acceptors (Lipinski definition) is 4. The fourth-order valence-corrected chi connectivity index (χ4v) is 3.19. The molecule has 0 N–H and O–H groups in total. The SMILES string of the molecule is CCCCCOc1ccc(Cn2c(C)nc(CC)c2/C=C/C(=O)OC)c(Cl)c1. The molecule has 0 saturated carbocycles. The van der Waals surface area contributed by atoms with E-state index in [2.05, 4.69) is 16.5 Å². The fourth-order valence-electron chi connectivity index (χ4n) is 2.96. The number of aryl methyl sites for hydroxylation is 2. The number of nitrogens with zero attached hydrogens (tertiary/aromatic N) is 2. The van der Waals surface area contributed by atoms with Gasteiger partial charge in [-0.3, -0.25) is 0 Å². The molecule has 0 amide bonds. The van der Waals surface area contributed by atoms with Crippen molar-refractivity contribution in [2.75, 3.05) is 13.7 Å². The highest BCUT2D eigenvalue weighted by molar-refractivity contribution is 6.31. The minimum absolute atomic E-state index is 0.393. The maximum atomic E-state index is 11.5. The van der Waals surface area contributed by atoms with E-state index in [0.29, 0.717) is 18.2 Å². The number of carbonyl (C=O) groups excluding carboxylic acids is 1. The lowest BCUT2D eigenvalue weighted by Gasteiger charge is -2.12. The van der Waals surface area contributed by atoms with E-state index >= 15 is 0 Å². The van der Waals surface area contributed by atoms with Crippen molar-refractivity contribution in [1.82, 2.24) is 9.55 Å². The average molecular weight is 405 g/mol. The normalized spacial score (nSPS) is 11.2. The van der Waals surface area contributed by atoms with Crippen LogP contribution in [0.5, 0.6) is 5.75 Å². The summed E-state index contributed by atoms with van der Waals surface area (Å²) in [5.74, 6) is 1.26. The molecule has 0 saturated heterocycles. The van der Waals surface area contributed by atoms with Crippen molar-refractivity contribution in [3.63, 3.8) is 0 Å². The van der Waals surface area contributed by atoms with Crippen molar-refractivity contribution in [2.24, 2.45) is 0 Å². The van der Waals surface area contributed by atoms with Gasteiger partial charge in [-0.15, -0.1) is 0 Å². The smallest absolute Gasteiger partial charge is 0.330 e. The largest absolute Gasteiger partial charge is 0.494 e. The second kappa shape index (κ2) is 10.9. The molecule has 0 fully saturated rings. The highest BCUT2D eigenvalue weighted by Crippen LogP contribution is 2.25. The molecular weight excluding hydrogens is 376 g/mol. The summed E-state index contributed by atoms with van der Waals surface area (Å²) in [6, 6.07) is 5.79. The number of imidazole rings is 1. The number of rotatable bonds is 10. The number of aromatic nitrogens is 2. The Balaban J connectivity index is 2.21. The van der Waals surface area contributed by atoms with Crippen LogP contribution in [0.4, 0.5) is 0 Å². The van der Waals surface area contributed by atoms with Crippen LogP contribution in [0, 0.1) is 6.92 Å². The predicted octanol–water partition coefficient (Wildman–Crippen LogP) is 5.21. The van der Waals surface area contributed by atoms with Crippen LogP contribution < -0.4 is 4.74 Å². The van der Waals surface area contributed by atoms with E-state index in [4.69, 9.17) is 21.1 Å². The minimum Gasteiger partial charge on any atom is -0.494 e. The standard InChI is InChI=1S/C22H29ClN2O3/c1-5-7-8-13-28-18-10-9-17(19(23)14-18)15-25-16(3)24-20(6-2)21(25)11-12-22(26)27-4/h9-12,14H,5-8,13,15H2,1-4H3/b12-11+. The summed E-state index contributed by atoms with van der Waals surface area (Å²) < 4.78 is 12.5. The van der Waals surface area contributed by atoms with Crippen molar-refractivity contribution >= 4 is 23.6 Å². The van der Waals surface area contributed by atoms with Crippen LogP contribution in [0.15, 0.2) is 24.3 Å². The quantitative estimate of drug-likeness (QED) is 0.310. The Labute approximate surface area is 172 Å². The Morgan fingerprint density at radius 2 is 2.07 bits per heavy atom. The molecule has 0 unspecified atom stereocenters. The van der Waals surface area contributed by atoms with E-state index in [-0.39, 0.29) is 0 Å². The minimum atomic E-state index is -0.393. The third kappa shape index (κ3) is 5.86. The van der Waals surface area contributed by atoms with Crippen LogP contribution in [0.25, 0.3) is 6.08 Å². The van der Waals surface area contributed by atoms with Crippen LogP contribution in [-0.4, -0.2) is 29.2 Å². The summed E-state index contributed by atoms with van der Waals surface area (Å²) in [6.45, 7) is 7.43. The molecule has 0 spiro atoms. The molecule has 6 heteroatoms. The van der Waals surface area contributed by atoms with Gasteiger partial charge >= 0.3 is 5.97 Å². The van der Waals surface area contributed by atoms with Crippen molar-refractivity contribution in [1.29, 1.82) is 0 Å². The van der Waals surface area contributed by atoms with Crippen molar-refractivity contribution < 1.29 is 14.3 Å². The van der Waals surface area contributed by atoms with Gasteiger partial charge in [0.1, 0.15) is 11.6 Å². The van der Waals surface area contributed by atoms with Gasteiger partial charge in [-0.05, 0) is 43.5 Å². The summed E-state index contributed by atoms with van der Waals surface area (Å²) >= 11 is 6.51. The lowest BCUT2D eigenvalue weighted by atomic mass is 10.2. The number of hydrogen-bond donors (Lipinski definition) is 0. The summed E-state index contributed by atoms with van der Waals surface area (Å²) in [5, 5.41) is 0.655. The zero-order valence-electron chi connectivity index (χ0n) is 17.1. The van der Waals surface area contributed by atoms with Gasteiger partial charge in [0.15, 0.2) is 0 Å². The predicted molar refractivity (Wildman–Crippen MR) is 113 cm³/mol. The molecule has 1 heterocycles. The van der Waals surface area contributed by atoms with E-state index < -0.39 is 5.97 Å². The van der Waals surface area contributed by atoms with Gasteiger partial charge in [-0.25, -0.2) is 9.78 Å². The van der Waals surface area contributed by atoms with Gasteiger partial charge in [0.25, 0.3) is 0 Å². The second-order valence-corrected chi connectivity index (χ2v) is 7.00. The molecule has 1 aromatic heterocycles. The van der Waals surface area contributed by atoms with Gasteiger partial charge in [0.05, 0.1) is 31.6 Å². The molecule has 28 heavy (non-hydrogen) atoms. The second-order valence-electron chi connectivity index (χ2n) is 6.60. The zero-order chi connectivity index (χ0) is 20.5. The van der Waals surface area contributed by atoms with Gasteiger partial charge < -0.3 is 14.0 Å². The van der Waals surface area contributed by atoms with Gasteiger partial charge in [0, 0.05) is 11.1 Å². The maximum absolute atomic E-state index is 11.5. The first-order chi connectivity index (χ1) is 13.5. The molecule has 0 aliphatic carbocycles. The highest BCUT2D eigenvalue weighted by atomic mass is 35.5. The monoisotopic (exact) mass is 404 g/mol.